The Morgan fingerprint density at radius 3 is 2.43 bits per heavy atom. The third-order valence-corrected chi connectivity index (χ3v) is 5.35. The van der Waals surface area contributed by atoms with Crippen LogP contribution in [0.15, 0.2) is 65.1 Å². The number of hydrogen-bond acceptors (Lipinski definition) is 1. The molecule has 0 atom stereocenters. The Bertz CT molecular complexity index is 1070. The summed E-state index contributed by atoms with van der Waals surface area (Å²) < 4.78 is 6.07. The number of fused-ring (bicyclic) bond motifs is 5. The summed E-state index contributed by atoms with van der Waals surface area (Å²) in [6.07, 6.45) is 0.988. The lowest BCUT2D eigenvalue weighted by Gasteiger charge is -2.35. The minimum Gasteiger partial charge on any atom is -0.456 e. The molecule has 4 aromatic rings. The Hall–Kier alpha value is -2.54. The van der Waals surface area contributed by atoms with Crippen LogP contribution in [0.1, 0.15) is 36.1 Å². The van der Waals surface area contributed by atoms with Gasteiger partial charge in [0, 0.05) is 16.2 Å². The van der Waals surface area contributed by atoms with Crippen LogP contribution in [-0.4, -0.2) is 0 Å². The maximum atomic E-state index is 6.07. The standard InChI is InChI=1S/C22H18O/c1-22(2)18-9-5-3-7-14(18)11-15-12-21-17(13-19(15)22)16-8-4-6-10-20(16)23-21/h3-10,12-13H,11H2,1-2H3. The lowest BCUT2D eigenvalue weighted by atomic mass is 9.69. The number of hydrogen-bond donors (Lipinski definition) is 0. The van der Waals surface area contributed by atoms with E-state index in [0.29, 0.717) is 0 Å². The molecule has 0 spiro atoms. The van der Waals surface area contributed by atoms with Crippen molar-refractivity contribution < 1.29 is 4.42 Å². The average molecular weight is 298 g/mol. The van der Waals surface area contributed by atoms with Crippen LogP contribution in [0, 0.1) is 0 Å². The van der Waals surface area contributed by atoms with E-state index in [9.17, 15) is 0 Å². The molecule has 112 valence electrons. The van der Waals surface area contributed by atoms with Crippen molar-refractivity contribution in [2.75, 3.05) is 0 Å². The van der Waals surface area contributed by atoms with Gasteiger partial charge < -0.3 is 4.42 Å². The van der Waals surface area contributed by atoms with Gasteiger partial charge in [0.15, 0.2) is 0 Å². The van der Waals surface area contributed by atoms with Crippen LogP contribution in [0.2, 0.25) is 0 Å². The van der Waals surface area contributed by atoms with Crippen LogP contribution in [0.25, 0.3) is 21.9 Å². The summed E-state index contributed by atoms with van der Waals surface area (Å²) in [7, 11) is 0. The molecule has 1 aliphatic rings. The average Bonchev–Trinajstić information content (AvgIpc) is 2.91. The SMILES string of the molecule is CC1(C)c2ccccc2Cc2cc3oc4ccccc4c3cc21. The molecule has 0 amide bonds. The Kier molecular flexibility index (Phi) is 2.40. The summed E-state index contributed by atoms with van der Waals surface area (Å²) in [5.74, 6) is 0. The van der Waals surface area contributed by atoms with Crippen molar-refractivity contribution >= 4 is 21.9 Å². The molecule has 1 heteroatoms. The van der Waals surface area contributed by atoms with E-state index in [1.807, 2.05) is 12.1 Å². The molecule has 1 aromatic heterocycles. The second-order valence-corrected chi connectivity index (χ2v) is 7.06. The molecular weight excluding hydrogens is 280 g/mol. The highest BCUT2D eigenvalue weighted by molar-refractivity contribution is 6.05. The fourth-order valence-electron chi connectivity index (χ4n) is 4.18. The summed E-state index contributed by atoms with van der Waals surface area (Å²) in [6, 6.07) is 21.7. The quantitative estimate of drug-likeness (QED) is 0.399. The van der Waals surface area contributed by atoms with E-state index < -0.39 is 0 Å². The van der Waals surface area contributed by atoms with E-state index in [1.165, 1.54) is 33.0 Å². The fourth-order valence-corrected chi connectivity index (χ4v) is 4.18. The lowest BCUT2D eigenvalue weighted by molar-refractivity contribution is 0.609. The first kappa shape index (κ1) is 13.0. The van der Waals surface area contributed by atoms with Crippen LogP contribution in [0.4, 0.5) is 0 Å². The molecule has 1 nitrogen and oxygen atoms in total. The molecule has 0 aliphatic heterocycles. The summed E-state index contributed by atoms with van der Waals surface area (Å²) in [4.78, 5) is 0. The monoisotopic (exact) mass is 298 g/mol. The van der Waals surface area contributed by atoms with Gasteiger partial charge in [-0.25, -0.2) is 0 Å². The van der Waals surface area contributed by atoms with E-state index in [2.05, 4.69) is 62.4 Å². The highest BCUT2D eigenvalue weighted by Crippen LogP contribution is 2.43. The van der Waals surface area contributed by atoms with Crippen LogP contribution in [-0.2, 0) is 11.8 Å². The van der Waals surface area contributed by atoms with E-state index >= 15 is 0 Å². The maximum absolute atomic E-state index is 6.07. The second kappa shape index (κ2) is 4.26. The first-order valence-corrected chi connectivity index (χ1v) is 8.17. The Morgan fingerprint density at radius 1 is 0.739 bits per heavy atom. The van der Waals surface area contributed by atoms with Crippen molar-refractivity contribution in [2.24, 2.45) is 0 Å². The lowest BCUT2D eigenvalue weighted by Crippen LogP contribution is -2.26. The fraction of sp³-hybridized carbons (Fsp3) is 0.182. The first-order chi connectivity index (χ1) is 11.1. The van der Waals surface area contributed by atoms with Crippen LogP contribution >= 0.6 is 0 Å². The van der Waals surface area contributed by atoms with Crippen molar-refractivity contribution in [3.63, 3.8) is 0 Å². The van der Waals surface area contributed by atoms with Crippen LogP contribution in [0.5, 0.6) is 0 Å². The molecule has 0 unspecified atom stereocenters. The molecule has 0 N–H and O–H groups in total. The Morgan fingerprint density at radius 2 is 1.52 bits per heavy atom. The largest absolute Gasteiger partial charge is 0.456 e. The van der Waals surface area contributed by atoms with Gasteiger partial charge >= 0.3 is 0 Å². The predicted molar refractivity (Wildman–Crippen MR) is 95.1 cm³/mol. The van der Waals surface area contributed by atoms with Crippen molar-refractivity contribution in [1.29, 1.82) is 0 Å². The molecule has 23 heavy (non-hydrogen) atoms. The van der Waals surface area contributed by atoms with Gasteiger partial charge in [-0.2, -0.15) is 0 Å². The molecule has 1 aliphatic carbocycles. The summed E-state index contributed by atoms with van der Waals surface area (Å²) in [6.45, 7) is 4.66. The molecule has 0 saturated heterocycles. The van der Waals surface area contributed by atoms with Crippen molar-refractivity contribution in [3.05, 3.63) is 82.9 Å². The number of benzene rings is 3. The molecular formula is C22H18O. The predicted octanol–water partition coefficient (Wildman–Crippen LogP) is 5.82. The van der Waals surface area contributed by atoms with Gasteiger partial charge in [-0.3, -0.25) is 0 Å². The van der Waals surface area contributed by atoms with Gasteiger partial charge in [0.2, 0.25) is 0 Å². The highest BCUT2D eigenvalue weighted by Gasteiger charge is 2.32. The summed E-state index contributed by atoms with van der Waals surface area (Å²) in [5.41, 5.74) is 7.69. The Balaban J connectivity index is 1.86. The van der Waals surface area contributed by atoms with Crippen LogP contribution < -0.4 is 0 Å². The van der Waals surface area contributed by atoms with E-state index in [0.717, 1.165) is 17.6 Å². The van der Waals surface area contributed by atoms with E-state index in [-0.39, 0.29) is 5.41 Å². The zero-order chi connectivity index (χ0) is 15.6. The first-order valence-electron chi connectivity index (χ1n) is 8.17. The molecule has 3 aromatic carbocycles. The van der Waals surface area contributed by atoms with E-state index in [4.69, 9.17) is 4.42 Å². The van der Waals surface area contributed by atoms with Gasteiger partial charge in [-0.1, -0.05) is 56.3 Å². The molecule has 5 rings (SSSR count). The smallest absolute Gasteiger partial charge is 0.135 e. The van der Waals surface area contributed by atoms with Gasteiger partial charge in [0.1, 0.15) is 11.2 Å². The van der Waals surface area contributed by atoms with Gasteiger partial charge in [0.25, 0.3) is 0 Å². The minimum absolute atomic E-state index is 0.0245. The number of rotatable bonds is 0. The summed E-state index contributed by atoms with van der Waals surface area (Å²) in [5, 5.41) is 2.44. The third kappa shape index (κ3) is 1.68. The minimum atomic E-state index is 0.0245. The zero-order valence-corrected chi connectivity index (χ0v) is 13.4. The highest BCUT2D eigenvalue weighted by atomic mass is 16.3. The van der Waals surface area contributed by atoms with Gasteiger partial charge in [-0.05, 0) is 46.9 Å². The molecule has 0 bridgehead atoms. The molecule has 0 fully saturated rings. The topological polar surface area (TPSA) is 13.1 Å². The Labute approximate surface area is 135 Å². The van der Waals surface area contributed by atoms with Crippen LogP contribution in [0.3, 0.4) is 0 Å². The maximum Gasteiger partial charge on any atom is 0.135 e. The molecule has 1 heterocycles. The van der Waals surface area contributed by atoms with Gasteiger partial charge in [0.05, 0.1) is 0 Å². The molecule has 0 saturated carbocycles. The summed E-state index contributed by atoms with van der Waals surface area (Å²) >= 11 is 0. The van der Waals surface area contributed by atoms with Gasteiger partial charge in [-0.15, -0.1) is 0 Å². The van der Waals surface area contributed by atoms with Crippen molar-refractivity contribution in [2.45, 2.75) is 25.7 Å². The van der Waals surface area contributed by atoms with Crippen molar-refractivity contribution in [1.82, 2.24) is 0 Å². The second-order valence-electron chi connectivity index (χ2n) is 7.06. The third-order valence-electron chi connectivity index (χ3n) is 5.35. The normalized spacial score (nSPS) is 15.6. The van der Waals surface area contributed by atoms with E-state index in [1.54, 1.807) is 0 Å². The van der Waals surface area contributed by atoms with Crippen molar-refractivity contribution in [3.8, 4) is 0 Å². The number of furan rings is 1. The zero-order valence-electron chi connectivity index (χ0n) is 13.4. The molecule has 0 radical (unpaired) electrons. The number of para-hydroxylation sites is 1.